The number of anilines is 1. The van der Waals surface area contributed by atoms with Crippen LogP contribution in [0.1, 0.15) is 61.8 Å². The summed E-state index contributed by atoms with van der Waals surface area (Å²) in [6.07, 6.45) is 5.70. The number of hydrogen-bond donors (Lipinski definition) is 0. The van der Waals surface area contributed by atoms with Crippen LogP contribution in [0.4, 0.5) is 5.69 Å². The van der Waals surface area contributed by atoms with Crippen molar-refractivity contribution in [1.82, 2.24) is 9.80 Å². The summed E-state index contributed by atoms with van der Waals surface area (Å²) in [4.78, 5) is 19.4. The van der Waals surface area contributed by atoms with Gasteiger partial charge in [0.15, 0.2) is 6.61 Å². The normalized spacial score (nSPS) is 19.9. The number of fused-ring (bicyclic) bond motifs is 1. The lowest BCUT2D eigenvalue weighted by Gasteiger charge is -2.49. The molecular weight excluding hydrogens is 486 g/mol. The summed E-state index contributed by atoms with van der Waals surface area (Å²) in [6, 6.07) is 11.3. The van der Waals surface area contributed by atoms with Crippen molar-refractivity contribution in [1.29, 1.82) is 0 Å². The molecule has 4 rings (SSSR count). The molecule has 2 saturated heterocycles. The highest BCUT2D eigenvalue weighted by Crippen LogP contribution is 2.40. The number of hydrogen-bond acceptors (Lipinski definition) is 5. The third-order valence-corrected chi connectivity index (χ3v) is 8.52. The van der Waals surface area contributed by atoms with E-state index in [0.29, 0.717) is 17.1 Å². The summed E-state index contributed by atoms with van der Waals surface area (Å²) in [5, 5.41) is 0.647. The molecule has 2 aliphatic heterocycles. The highest BCUT2D eigenvalue weighted by atomic mass is 35.5. The average Bonchev–Trinajstić information content (AvgIpc) is 2.92. The number of nitrogens with zero attached hydrogens (tertiary/aromatic N) is 3. The van der Waals surface area contributed by atoms with E-state index in [1.807, 2.05) is 13.1 Å². The molecule has 1 amide bonds. The van der Waals surface area contributed by atoms with Crippen LogP contribution in [-0.4, -0.2) is 68.7 Å². The number of carbonyl (C=O) groups is 1. The molecule has 2 aromatic carbocycles. The summed E-state index contributed by atoms with van der Waals surface area (Å²) in [5.74, 6) is 1.57. The maximum atomic E-state index is 12.4. The van der Waals surface area contributed by atoms with Gasteiger partial charge in [-0.2, -0.15) is 0 Å². The van der Waals surface area contributed by atoms with E-state index in [1.54, 1.807) is 12.0 Å². The van der Waals surface area contributed by atoms with Gasteiger partial charge >= 0.3 is 0 Å². The molecule has 2 heterocycles. The first-order chi connectivity index (χ1) is 17.8. The van der Waals surface area contributed by atoms with Crippen molar-refractivity contribution < 1.29 is 14.3 Å². The number of likely N-dealkylation sites (N-methyl/N-ethyl adjacent to an activating group) is 1. The smallest absolute Gasteiger partial charge is 0.260 e. The molecule has 37 heavy (non-hydrogen) atoms. The molecule has 2 aromatic rings. The standard InChI is InChI=1S/C30H42ClN3O3/c1-6-7-15-32(4)30(35)20-37-28-14-12-25(21(2)22(28)3)27-10-8-9-24-19-33(16-17-34(24)27)23-11-13-26(31)29(18-23)36-5/h11-14,18,24,27H,6-10,15-17,19-20H2,1-5H3/t24-,27+/m0/s1. The Morgan fingerprint density at radius 2 is 1.92 bits per heavy atom. The Balaban J connectivity index is 1.44. The average molecular weight is 528 g/mol. The quantitative estimate of drug-likeness (QED) is 0.399. The van der Waals surface area contributed by atoms with E-state index < -0.39 is 0 Å². The van der Waals surface area contributed by atoms with E-state index in [9.17, 15) is 4.79 Å². The molecule has 0 spiro atoms. The molecule has 2 aliphatic rings. The number of amides is 1. The second-order valence-electron chi connectivity index (χ2n) is 10.5. The van der Waals surface area contributed by atoms with Gasteiger partial charge in [-0.05, 0) is 74.4 Å². The van der Waals surface area contributed by atoms with E-state index in [0.717, 1.165) is 56.1 Å². The van der Waals surface area contributed by atoms with Crippen LogP contribution < -0.4 is 14.4 Å². The molecule has 7 heteroatoms. The number of benzene rings is 2. The highest BCUT2D eigenvalue weighted by Gasteiger charge is 2.36. The van der Waals surface area contributed by atoms with Gasteiger partial charge in [0.25, 0.3) is 5.91 Å². The zero-order valence-corrected chi connectivity index (χ0v) is 23.8. The van der Waals surface area contributed by atoms with Crippen LogP contribution in [-0.2, 0) is 4.79 Å². The minimum atomic E-state index is 0.0286. The van der Waals surface area contributed by atoms with Gasteiger partial charge in [-0.15, -0.1) is 0 Å². The van der Waals surface area contributed by atoms with E-state index in [4.69, 9.17) is 21.1 Å². The zero-order valence-electron chi connectivity index (χ0n) is 23.1. The summed E-state index contributed by atoms with van der Waals surface area (Å²) in [5.41, 5.74) is 4.98. The zero-order chi connectivity index (χ0) is 26.5. The van der Waals surface area contributed by atoms with Gasteiger partial charge in [-0.3, -0.25) is 9.69 Å². The second kappa shape index (κ2) is 12.4. The van der Waals surface area contributed by atoms with Crippen molar-refractivity contribution in [2.45, 2.75) is 65.0 Å². The Morgan fingerprint density at radius 1 is 1.11 bits per heavy atom. The minimum absolute atomic E-state index is 0.0286. The van der Waals surface area contributed by atoms with Crippen molar-refractivity contribution in [2.24, 2.45) is 0 Å². The Kier molecular flexibility index (Phi) is 9.25. The Hall–Kier alpha value is -2.44. The molecular formula is C30H42ClN3O3. The van der Waals surface area contributed by atoms with Crippen LogP contribution in [0, 0.1) is 13.8 Å². The van der Waals surface area contributed by atoms with Crippen molar-refractivity contribution in [3.8, 4) is 11.5 Å². The van der Waals surface area contributed by atoms with E-state index in [-0.39, 0.29) is 12.5 Å². The van der Waals surface area contributed by atoms with Crippen molar-refractivity contribution in [3.63, 3.8) is 0 Å². The first-order valence-corrected chi connectivity index (χ1v) is 14.0. The topological polar surface area (TPSA) is 45.3 Å². The van der Waals surface area contributed by atoms with Crippen LogP contribution in [0.5, 0.6) is 11.5 Å². The predicted octanol–water partition coefficient (Wildman–Crippen LogP) is 6.02. The van der Waals surface area contributed by atoms with Crippen molar-refractivity contribution in [2.75, 3.05) is 51.8 Å². The third-order valence-electron chi connectivity index (χ3n) is 8.21. The molecule has 6 nitrogen and oxygen atoms in total. The monoisotopic (exact) mass is 527 g/mol. The van der Waals surface area contributed by atoms with Gasteiger partial charge in [-0.25, -0.2) is 0 Å². The van der Waals surface area contributed by atoms with Gasteiger partial charge in [0, 0.05) is 57.1 Å². The number of halogens is 1. The molecule has 202 valence electrons. The third kappa shape index (κ3) is 6.18. The Labute approximate surface area is 227 Å². The van der Waals surface area contributed by atoms with E-state index >= 15 is 0 Å². The number of ether oxygens (including phenoxy) is 2. The molecule has 0 bridgehead atoms. The van der Waals surface area contributed by atoms with Gasteiger partial charge in [-0.1, -0.05) is 31.0 Å². The summed E-state index contributed by atoms with van der Waals surface area (Å²) >= 11 is 6.26. The van der Waals surface area contributed by atoms with Crippen LogP contribution in [0.2, 0.25) is 5.02 Å². The molecule has 0 aliphatic carbocycles. The lowest BCUT2D eigenvalue weighted by molar-refractivity contribution is -0.132. The number of piperidine rings is 1. The van der Waals surface area contributed by atoms with Gasteiger partial charge in [0.2, 0.25) is 0 Å². The molecule has 0 radical (unpaired) electrons. The number of carbonyl (C=O) groups excluding carboxylic acids is 1. The predicted molar refractivity (Wildman–Crippen MR) is 151 cm³/mol. The summed E-state index contributed by atoms with van der Waals surface area (Å²) in [7, 11) is 3.52. The largest absolute Gasteiger partial charge is 0.495 e. The van der Waals surface area contributed by atoms with Gasteiger partial charge in [0.05, 0.1) is 12.1 Å². The molecule has 2 fully saturated rings. The van der Waals surface area contributed by atoms with Crippen LogP contribution >= 0.6 is 11.6 Å². The number of piperazine rings is 1. The minimum Gasteiger partial charge on any atom is -0.495 e. The fraction of sp³-hybridized carbons (Fsp3) is 0.567. The Morgan fingerprint density at radius 3 is 2.68 bits per heavy atom. The fourth-order valence-corrected chi connectivity index (χ4v) is 5.96. The SMILES string of the molecule is CCCCN(C)C(=O)COc1ccc([C@H]2CCC[C@H]3CN(c4ccc(Cl)c(OC)c4)CCN32)c(C)c1C. The summed E-state index contributed by atoms with van der Waals surface area (Å²) in [6.45, 7) is 10.3. The molecule has 0 aromatic heterocycles. The fourth-order valence-electron chi connectivity index (χ4n) is 5.77. The summed E-state index contributed by atoms with van der Waals surface area (Å²) < 4.78 is 11.4. The van der Waals surface area contributed by atoms with Crippen molar-refractivity contribution >= 4 is 23.2 Å². The molecule has 0 N–H and O–H groups in total. The maximum absolute atomic E-state index is 12.4. The van der Waals surface area contributed by atoms with E-state index in [2.05, 4.69) is 54.8 Å². The molecule has 2 atom stereocenters. The van der Waals surface area contributed by atoms with E-state index in [1.165, 1.54) is 36.1 Å². The first-order valence-electron chi connectivity index (χ1n) is 13.6. The van der Waals surface area contributed by atoms with Crippen LogP contribution in [0.15, 0.2) is 30.3 Å². The number of rotatable bonds is 9. The van der Waals surface area contributed by atoms with Gasteiger partial charge in [0.1, 0.15) is 11.5 Å². The van der Waals surface area contributed by atoms with Crippen LogP contribution in [0.3, 0.4) is 0 Å². The first kappa shape index (κ1) is 27.6. The molecule has 0 saturated carbocycles. The Bertz CT molecular complexity index is 1090. The van der Waals surface area contributed by atoms with Crippen LogP contribution in [0.25, 0.3) is 0 Å². The van der Waals surface area contributed by atoms with Crippen molar-refractivity contribution in [3.05, 3.63) is 52.0 Å². The lowest BCUT2D eigenvalue weighted by Crippen LogP contribution is -2.56. The number of unbranched alkanes of at least 4 members (excludes halogenated alkanes) is 1. The lowest BCUT2D eigenvalue weighted by atomic mass is 9.86. The number of methoxy groups -OCH3 is 1. The highest BCUT2D eigenvalue weighted by molar-refractivity contribution is 6.32. The molecule has 0 unspecified atom stereocenters. The van der Waals surface area contributed by atoms with Gasteiger partial charge < -0.3 is 19.3 Å². The second-order valence-corrected chi connectivity index (χ2v) is 10.9. The maximum Gasteiger partial charge on any atom is 0.260 e.